The highest BCUT2D eigenvalue weighted by Gasteiger charge is 2.17. The van der Waals surface area contributed by atoms with E-state index in [0.717, 1.165) is 32.8 Å². The molecule has 0 fully saturated rings. The molecule has 5 heteroatoms. The monoisotopic (exact) mass is 566 g/mol. The molecule has 9 rings (SSSR count). The lowest BCUT2D eigenvalue weighted by atomic mass is 10.0. The van der Waals surface area contributed by atoms with Gasteiger partial charge in [0.2, 0.25) is 0 Å². The fourth-order valence-electron chi connectivity index (χ4n) is 6.05. The standard InChI is InChI=1S/C38H22N4S/c1-3-8-25-20-27(14-12-23(25)6-1)36-40-37(28-15-13-24-7-2-4-9-26(24)21-28)42-38(41-36)33-11-5-10-31-29(33)16-17-32-30-18-19-39-22-34(30)43-35(31)32/h1-22H. The first-order valence-corrected chi connectivity index (χ1v) is 15.0. The van der Waals surface area contributed by atoms with Gasteiger partial charge in [0.15, 0.2) is 17.5 Å². The van der Waals surface area contributed by atoms with Crippen molar-refractivity contribution in [2.24, 2.45) is 0 Å². The second-order valence-electron chi connectivity index (χ2n) is 10.7. The first-order valence-electron chi connectivity index (χ1n) is 14.2. The number of pyridine rings is 1. The van der Waals surface area contributed by atoms with Crippen LogP contribution in [-0.2, 0) is 0 Å². The molecule has 4 nitrogen and oxygen atoms in total. The predicted octanol–water partition coefficient (Wildman–Crippen LogP) is 10.1. The summed E-state index contributed by atoms with van der Waals surface area (Å²) in [4.78, 5) is 19.6. The highest BCUT2D eigenvalue weighted by molar-refractivity contribution is 7.26. The molecule has 9 aromatic rings. The Morgan fingerprint density at radius 3 is 1.74 bits per heavy atom. The van der Waals surface area contributed by atoms with Crippen LogP contribution < -0.4 is 0 Å². The summed E-state index contributed by atoms with van der Waals surface area (Å²) >= 11 is 1.78. The molecule has 0 unspecified atom stereocenters. The predicted molar refractivity (Wildman–Crippen MR) is 179 cm³/mol. The lowest BCUT2D eigenvalue weighted by Crippen LogP contribution is -2.00. The number of fused-ring (bicyclic) bond motifs is 7. The van der Waals surface area contributed by atoms with Crippen molar-refractivity contribution in [2.75, 3.05) is 0 Å². The SMILES string of the molecule is c1ccc2cc(-c3nc(-c4ccc5ccccc5c4)nc(-c4cccc5c4ccc4c6ccncc6sc54)n3)ccc2c1. The third-order valence-electron chi connectivity index (χ3n) is 8.19. The summed E-state index contributed by atoms with van der Waals surface area (Å²) in [5.41, 5.74) is 2.91. The maximum atomic E-state index is 5.11. The lowest BCUT2D eigenvalue weighted by Gasteiger charge is -2.11. The Labute approximate surface area is 251 Å². The van der Waals surface area contributed by atoms with E-state index in [1.54, 1.807) is 11.3 Å². The fraction of sp³-hybridized carbons (Fsp3) is 0. The summed E-state index contributed by atoms with van der Waals surface area (Å²) in [6.07, 6.45) is 3.82. The van der Waals surface area contributed by atoms with Gasteiger partial charge < -0.3 is 0 Å². The van der Waals surface area contributed by atoms with Gasteiger partial charge in [-0.25, -0.2) is 15.0 Å². The second-order valence-corrected chi connectivity index (χ2v) is 11.8. The van der Waals surface area contributed by atoms with Crippen LogP contribution >= 0.6 is 11.3 Å². The molecule has 0 aliphatic heterocycles. The maximum absolute atomic E-state index is 5.11. The molecule has 200 valence electrons. The maximum Gasteiger partial charge on any atom is 0.164 e. The first-order chi connectivity index (χ1) is 21.3. The van der Waals surface area contributed by atoms with Crippen LogP contribution in [0.5, 0.6) is 0 Å². The average Bonchev–Trinajstić information content (AvgIpc) is 3.47. The molecular weight excluding hydrogens is 545 g/mol. The average molecular weight is 567 g/mol. The van der Waals surface area contributed by atoms with Gasteiger partial charge in [0, 0.05) is 49.9 Å². The summed E-state index contributed by atoms with van der Waals surface area (Å²) in [6, 6.07) is 42.5. The van der Waals surface area contributed by atoms with E-state index >= 15 is 0 Å². The summed E-state index contributed by atoms with van der Waals surface area (Å²) in [5, 5.41) is 9.47. The van der Waals surface area contributed by atoms with Crippen LogP contribution in [0.3, 0.4) is 0 Å². The Morgan fingerprint density at radius 2 is 1.05 bits per heavy atom. The number of hydrogen-bond donors (Lipinski definition) is 0. The number of rotatable bonds is 3. The lowest BCUT2D eigenvalue weighted by molar-refractivity contribution is 1.08. The third kappa shape index (κ3) is 3.97. The van der Waals surface area contributed by atoms with Crippen LogP contribution in [0.2, 0.25) is 0 Å². The third-order valence-corrected chi connectivity index (χ3v) is 9.38. The quantitative estimate of drug-likeness (QED) is 0.213. The Balaban J connectivity index is 1.30. The van der Waals surface area contributed by atoms with E-state index in [0.29, 0.717) is 17.5 Å². The summed E-state index contributed by atoms with van der Waals surface area (Å²) in [6.45, 7) is 0. The number of hydrogen-bond acceptors (Lipinski definition) is 5. The molecule has 0 amide bonds. The molecule has 0 N–H and O–H groups in total. The van der Waals surface area contributed by atoms with Gasteiger partial charge >= 0.3 is 0 Å². The Morgan fingerprint density at radius 1 is 0.442 bits per heavy atom. The van der Waals surface area contributed by atoms with Crippen LogP contribution in [-0.4, -0.2) is 19.9 Å². The molecule has 3 heterocycles. The topological polar surface area (TPSA) is 51.6 Å². The Bertz CT molecular complexity index is 2430. The van der Waals surface area contributed by atoms with E-state index in [9.17, 15) is 0 Å². The minimum absolute atomic E-state index is 0.657. The molecule has 0 saturated heterocycles. The Hall–Kier alpha value is -5.52. The van der Waals surface area contributed by atoms with Gasteiger partial charge in [0.05, 0.1) is 4.70 Å². The molecule has 6 aromatic carbocycles. The minimum Gasteiger partial charge on any atom is -0.263 e. The van der Waals surface area contributed by atoms with Gasteiger partial charge in [-0.2, -0.15) is 0 Å². The normalized spacial score (nSPS) is 11.7. The van der Waals surface area contributed by atoms with Crippen molar-refractivity contribution >= 4 is 63.8 Å². The van der Waals surface area contributed by atoms with Crippen molar-refractivity contribution in [1.29, 1.82) is 0 Å². The van der Waals surface area contributed by atoms with Crippen molar-refractivity contribution < 1.29 is 0 Å². The first kappa shape index (κ1) is 24.1. The van der Waals surface area contributed by atoms with Crippen molar-refractivity contribution in [3.8, 4) is 34.2 Å². The van der Waals surface area contributed by atoms with Gasteiger partial charge in [0.25, 0.3) is 0 Å². The molecule has 0 aliphatic carbocycles. The number of aromatic nitrogens is 4. The molecule has 0 aliphatic rings. The molecule has 0 radical (unpaired) electrons. The van der Waals surface area contributed by atoms with Gasteiger partial charge in [-0.15, -0.1) is 11.3 Å². The summed E-state index contributed by atoms with van der Waals surface area (Å²) in [5.74, 6) is 1.98. The van der Waals surface area contributed by atoms with E-state index in [2.05, 4.69) is 126 Å². The van der Waals surface area contributed by atoms with E-state index < -0.39 is 0 Å². The van der Waals surface area contributed by atoms with Crippen LogP contribution in [0.1, 0.15) is 0 Å². The molecule has 0 atom stereocenters. The smallest absolute Gasteiger partial charge is 0.164 e. The summed E-state index contributed by atoms with van der Waals surface area (Å²) < 4.78 is 2.44. The van der Waals surface area contributed by atoms with Crippen molar-refractivity contribution in [2.45, 2.75) is 0 Å². The van der Waals surface area contributed by atoms with E-state index in [4.69, 9.17) is 15.0 Å². The fourth-order valence-corrected chi connectivity index (χ4v) is 7.25. The van der Waals surface area contributed by atoms with Crippen LogP contribution in [0, 0.1) is 0 Å². The number of benzene rings is 6. The Kier molecular flexibility index (Phi) is 5.33. The van der Waals surface area contributed by atoms with E-state index in [-0.39, 0.29) is 0 Å². The van der Waals surface area contributed by atoms with Crippen molar-refractivity contribution in [3.05, 3.63) is 134 Å². The van der Waals surface area contributed by atoms with Crippen molar-refractivity contribution in [3.63, 3.8) is 0 Å². The van der Waals surface area contributed by atoms with E-state index in [1.807, 2.05) is 12.4 Å². The highest BCUT2D eigenvalue weighted by atomic mass is 32.1. The van der Waals surface area contributed by atoms with Crippen LogP contribution in [0.4, 0.5) is 0 Å². The second kappa shape index (κ2) is 9.51. The zero-order chi connectivity index (χ0) is 28.3. The molecule has 0 saturated carbocycles. The number of thiophene rings is 1. The molecular formula is C38H22N4S. The molecule has 43 heavy (non-hydrogen) atoms. The summed E-state index contributed by atoms with van der Waals surface area (Å²) in [7, 11) is 0. The van der Waals surface area contributed by atoms with Crippen LogP contribution in [0.15, 0.2) is 134 Å². The minimum atomic E-state index is 0.657. The van der Waals surface area contributed by atoms with Crippen molar-refractivity contribution in [1.82, 2.24) is 19.9 Å². The zero-order valence-electron chi connectivity index (χ0n) is 22.9. The van der Waals surface area contributed by atoms with Crippen LogP contribution in [0.25, 0.3) is 86.7 Å². The van der Waals surface area contributed by atoms with Gasteiger partial charge in [0.1, 0.15) is 0 Å². The van der Waals surface area contributed by atoms with Gasteiger partial charge in [-0.1, -0.05) is 103 Å². The molecule has 0 spiro atoms. The molecule has 0 bridgehead atoms. The van der Waals surface area contributed by atoms with E-state index in [1.165, 1.54) is 36.3 Å². The van der Waals surface area contributed by atoms with Gasteiger partial charge in [-0.3, -0.25) is 4.98 Å². The zero-order valence-corrected chi connectivity index (χ0v) is 23.7. The molecule has 3 aromatic heterocycles. The highest BCUT2D eigenvalue weighted by Crippen LogP contribution is 2.40. The largest absolute Gasteiger partial charge is 0.263 e. The number of nitrogens with zero attached hydrogens (tertiary/aromatic N) is 4. The van der Waals surface area contributed by atoms with Gasteiger partial charge in [-0.05, 0) is 45.1 Å².